The van der Waals surface area contributed by atoms with Crippen molar-refractivity contribution in [3.05, 3.63) is 71.2 Å². The highest BCUT2D eigenvalue weighted by Gasteiger charge is 2.12. The number of hydrogen-bond donors (Lipinski definition) is 1. The maximum Gasteiger partial charge on any atom is 0.345 e. The number of nitrogens with zero attached hydrogens (tertiary/aromatic N) is 5. The standard InChI is InChI=1S/C15H17N3O2.C8H11N3O2.ClH/c1-2-4-13(5-3-1)12-20-15-16-10-14(11-17-15)18-6-8-19-9-7-18;12-8-9-5-7(6-10-8)11-1-3-13-4-2-11;/h1-5,10-11H,6-9,12H2;5-6H,1-4H2,(H,9,10,12);1H. The molecule has 1 N–H and O–H groups in total. The Balaban J connectivity index is 0.000000201. The molecule has 0 saturated carbocycles. The molecule has 0 spiro atoms. The first-order valence-electron chi connectivity index (χ1n) is 11.0. The van der Waals surface area contributed by atoms with Gasteiger partial charge in [0.25, 0.3) is 0 Å². The Hall–Kier alpha value is -3.21. The quantitative estimate of drug-likeness (QED) is 0.576. The first-order valence-corrected chi connectivity index (χ1v) is 11.0. The number of anilines is 2. The molecule has 2 aliphatic heterocycles. The topological polar surface area (TPSA) is 106 Å². The molecule has 0 atom stereocenters. The molecule has 34 heavy (non-hydrogen) atoms. The number of hydrogen-bond acceptors (Lipinski definition) is 9. The van der Waals surface area contributed by atoms with E-state index in [0.29, 0.717) is 12.6 Å². The lowest BCUT2D eigenvalue weighted by Gasteiger charge is -2.28. The van der Waals surface area contributed by atoms with E-state index in [1.54, 1.807) is 24.8 Å². The van der Waals surface area contributed by atoms with Crippen LogP contribution < -0.4 is 20.2 Å². The largest absolute Gasteiger partial charge is 0.459 e. The molecule has 1 aromatic carbocycles. The molecule has 4 heterocycles. The van der Waals surface area contributed by atoms with E-state index in [1.807, 2.05) is 30.3 Å². The van der Waals surface area contributed by atoms with Gasteiger partial charge in [-0.25, -0.2) is 14.8 Å². The van der Waals surface area contributed by atoms with Crippen LogP contribution in [0.1, 0.15) is 5.56 Å². The number of aromatic amines is 1. The highest BCUT2D eigenvalue weighted by Crippen LogP contribution is 2.15. The van der Waals surface area contributed by atoms with Crippen molar-refractivity contribution in [1.82, 2.24) is 19.9 Å². The van der Waals surface area contributed by atoms with E-state index in [1.165, 1.54) is 0 Å². The van der Waals surface area contributed by atoms with Gasteiger partial charge in [-0.1, -0.05) is 30.3 Å². The number of H-pyrrole nitrogens is 1. The van der Waals surface area contributed by atoms with Gasteiger partial charge in [0.15, 0.2) is 0 Å². The second-order valence-corrected chi connectivity index (χ2v) is 7.47. The number of rotatable bonds is 5. The van der Waals surface area contributed by atoms with Crippen LogP contribution in [-0.2, 0) is 16.1 Å². The van der Waals surface area contributed by atoms with E-state index in [2.05, 4.69) is 29.7 Å². The van der Waals surface area contributed by atoms with Crippen molar-refractivity contribution in [3.63, 3.8) is 0 Å². The third-order valence-corrected chi connectivity index (χ3v) is 5.24. The highest BCUT2D eigenvalue weighted by molar-refractivity contribution is 5.85. The Kier molecular flexibility index (Phi) is 10.1. The molecule has 0 amide bonds. The van der Waals surface area contributed by atoms with Gasteiger partial charge in [-0.05, 0) is 5.56 Å². The first-order chi connectivity index (χ1) is 16.3. The molecule has 11 heteroatoms. The van der Waals surface area contributed by atoms with Crippen molar-refractivity contribution < 1.29 is 14.2 Å². The lowest BCUT2D eigenvalue weighted by Crippen LogP contribution is -2.36. The van der Waals surface area contributed by atoms with Crippen molar-refractivity contribution in [2.24, 2.45) is 0 Å². The van der Waals surface area contributed by atoms with Crippen molar-refractivity contribution in [3.8, 4) is 6.01 Å². The fourth-order valence-electron chi connectivity index (χ4n) is 3.42. The lowest BCUT2D eigenvalue weighted by molar-refractivity contribution is 0.122. The second-order valence-electron chi connectivity index (χ2n) is 7.47. The number of aromatic nitrogens is 4. The molecule has 0 aliphatic carbocycles. The molecule has 0 bridgehead atoms. The van der Waals surface area contributed by atoms with E-state index >= 15 is 0 Å². The summed E-state index contributed by atoms with van der Waals surface area (Å²) in [6, 6.07) is 10.4. The molecule has 0 radical (unpaired) electrons. The van der Waals surface area contributed by atoms with Gasteiger partial charge in [-0.15, -0.1) is 12.4 Å². The zero-order valence-electron chi connectivity index (χ0n) is 18.8. The Bertz CT molecular complexity index is 1010. The highest BCUT2D eigenvalue weighted by atomic mass is 35.5. The fraction of sp³-hybridized carbons (Fsp3) is 0.391. The summed E-state index contributed by atoms with van der Waals surface area (Å²) in [5.41, 5.74) is 2.76. The van der Waals surface area contributed by atoms with Crippen molar-refractivity contribution in [2.75, 3.05) is 62.4 Å². The average Bonchev–Trinajstić information content (AvgIpc) is 2.90. The minimum absolute atomic E-state index is 0. The Morgan fingerprint density at radius 3 is 1.94 bits per heavy atom. The summed E-state index contributed by atoms with van der Waals surface area (Å²) in [5, 5.41) is 0. The summed E-state index contributed by atoms with van der Waals surface area (Å²) in [5.74, 6) is 0. The minimum atomic E-state index is -0.308. The van der Waals surface area contributed by atoms with Gasteiger partial charge < -0.3 is 29.0 Å². The van der Waals surface area contributed by atoms with Gasteiger partial charge in [-0.3, -0.25) is 0 Å². The Labute approximate surface area is 204 Å². The molecule has 182 valence electrons. The first kappa shape index (κ1) is 25.4. The summed E-state index contributed by atoms with van der Waals surface area (Å²) < 4.78 is 16.1. The predicted octanol–water partition coefficient (Wildman–Crippen LogP) is 1.92. The molecule has 3 aromatic rings. The maximum absolute atomic E-state index is 10.7. The number of benzene rings is 1. The molecule has 2 fully saturated rings. The predicted molar refractivity (Wildman–Crippen MR) is 131 cm³/mol. The van der Waals surface area contributed by atoms with E-state index in [0.717, 1.165) is 69.5 Å². The third kappa shape index (κ3) is 7.68. The minimum Gasteiger partial charge on any atom is -0.459 e. The third-order valence-electron chi connectivity index (χ3n) is 5.24. The van der Waals surface area contributed by atoms with Crippen molar-refractivity contribution in [1.29, 1.82) is 0 Å². The van der Waals surface area contributed by atoms with Crippen LogP contribution >= 0.6 is 12.4 Å². The van der Waals surface area contributed by atoms with Crippen LogP contribution in [0.2, 0.25) is 0 Å². The fourth-order valence-corrected chi connectivity index (χ4v) is 3.42. The summed E-state index contributed by atoms with van der Waals surface area (Å²) in [6.45, 7) is 6.94. The van der Waals surface area contributed by atoms with Crippen LogP contribution in [-0.4, -0.2) is 72.5 Å². The molecule has 10 nitrogen and oxygen atoms in total. The van der Waals surface area contributed by atoms with Gasteiger partial charge in [0, 0.05) is 32.4 Å². The van der Waals surface area contributed by atoms with Gasteiger partial charge in [-0.2, -0.15) is 4.98 Å². The lowest BCUT2D eigenvalue weighted by atomic mass is 10.2. The summed E-state index contributed by atoms with van der Waals surface area (Å²) in [4.78, 5) is 29.8. The molecule has 0 unspecified atom stereocenters. The van der Waals surface area contributed by atoms with Crippen molar-refractivity contribution >= 4 is 23.8 Å². The molecule has 5 rings (SSSR count). The number of ether oxygens (including phenoxy) is 3. The van der Waals surface area contributed by atoms with Crippen LogP contribution in [0.3, 0.4) is 0 Å². The SMILES string of the molecule is Cl.O=c1ncc(N2CCOCC2)c[nH]1.c1ccc(COc2ncc(N3CCOCC3)cn2)cc1. The monoisotopic (exact) mass is 488 g/mol. The van der Waals surface area contributed by atoms with Crippen LogP contribution in [0.4, 0.5) is 11.4 Å². The summed E-state index contributed by atoms with van der Waals surface area (Å²) in [6.07, 6.45) is 6.88. The zero-order valence-corrected chi connectivity index (χ0v) is 19.7. The molecular weight excluding hydrogens is 460 g/mol. The smallest absolute Gasteiger partial charge is 0.345 e. The van der Waals surface area contributed by atoms with Crippen LogP contribution in [0, 0.1) is 0 Å². The van der Waals surface area contributed by atoms with Crippen LogP contribution in [0.25, 0.3) is 0 Å². The maximum atomic E-state index is 10.7. The van der Waals surface area contributed by atoms with Crippen LogP contribution in [0.5, 0.6) is 6.01 Å². The van der Waals surface area contributed by atoms with Gasteiger partial charge in [0.05, 0.1) is 56.4 Å². The van der Waals surface area contributed by atoms with E-state index in [-0.39, 0.29) is 18.1 Å². The second kappa shape index (κ2) is 13.5. The average molecular weight is 489 g/mol. The number of morpholine rings is 2. The Morgan fingerprint density at radius 1 is 0.824 bits per heavy atom. The van der Waals surface area contributed by atoms with E-state index < -0.39 is 0 Å². The normalized spacial score (nSPS) is 15.5. The molecule has 2 aliphatic rings. The number of halogens is 1. The molecular formula is C23H29ClN6O4. The van der Waals surface area contributed by atoms with Gasteiger partial charge >= 0.3 is 11.7 Å². The summed E-state index contributed by atoms with van der Waals surface area (Å²) in [7, 11) is 0. The zero-order chi connectivity index (χ0) is 22.7. The van der Waals surface area contributed by atoms with Gasteiger partial charge in [0.2, 0.25) is 0 Å². The van der Waals surface area contributed by atoms with Gasteiger partial charge in [0.1, 0.15) is 6.61 Å². The molecule has 2 saturated heterocycles. The Morgan fingerprint density at radius 2 is 1.38 bits per heavy atom. The van der Waals surface area contributed by atoms with Crippen LogP contribution in [0.15, 0.2) is 59.9 Å². The van der Waals surface area contributed by atoms with E-state index in [4.69, 9.17) is 14.2 Å². The molecule has 2 aromatic heterocycles. The van der Waals surface area contributed by atoms with E-state index in [9.17, 15) is 4.79 Å². The summed E-state index contributed by atoms with van der Waals surface area (Å²) >= 11 is 0. The number of nitrogens with one attached hydrogen (secondary N) is 1. The van der Waals surface area contributed by atoms with Crippen molar-refractivity contribution in [2.45, 2.75) is 6.61 Å².